The number of hydrogen-bond acceptors (Lipinski definition) is 3. The summed E-state index contributed by atoms with van der Waals surface area (Å²) in [6, 6.07) is 18.0. The normalized spacial score (nSPS) is 10.6. The summed E-state index contributed by atoms with van der Waals surface area (Å²) in [6.07, 6.45) is 4.01. The zero-order chi connectivity index (χ0) is 17.9. The SMILES string of the molecule is CCCCNC(=S)N(C)/N=C/c1cccc(OCc2ccccc2)c1. The molecule has 2 aromatic rings. The van der Waals surface area contributed by atoms with Crippen molar-refractivity contribution in [2.24, 2.45) is 5.10 Å². The van der Waals surface area contributed by atoms with Gasteiger partial charge >= 0.3 is 0 Å². The van der Waals surface area contributed by atoms with Gasteiger partial charge in [-0.05, 0) is 41.9 Å². The van der Waals surface area contributed by atoms with Gasteiger partial charge in [0.2, 0.25) is 0 Å². The first-order valence-corrected chi connectivity index (χ1v) is 8.92. The highest BCUT2D eigenvalue weighted by Gasteiger charge is 2.01. The lowest BCUT2D eigenvalue weighted by Gasteiger charge is -2.15. The van der Waals surface area contributed by atoms with Crippen molar-refractivity contribution >= 4 is 23.5 Å². The second-order valence-electron chi connectivity index (χ2n) is 5.70. The van der Waals surface area contributed by atoms with E-state index in [0.717, 1.165) is 36.3 Å². The van der Waals surface area contributed by atoms with Gasteiger partial charge in [-0.2, -0.15) is 5.10 Å². The summed E-state index contributed by atoms with van der Waals surface area (Å²) < 4.78 is 5.84. The lowest BCUT2D eigenvalue weighted by Crippen LogP contribution is -2.34. The van der Waals surface area contributed by atoms with Gasteiger partial charge in [-0.1, -0.05) is 55.8 Å². The van der Waals surface area contributed by atoms with Crippen LogP contribution in [0.4, 0.5) is 0 Å². The molecule has 0 unspecified atom stereocenters. The standard InChI is InChI=1S/C20H25N3OS/c1-3-4-13-21-20(25)23(2)22-15-18-11-8-12-19(14-18)24-16-17-9-6-5-7-10-17/h5-12,14-15H,3-4,13,16H2,1-2H3,(H,21,25)/b22-15+. The Bertz CT molecular complexity index is 688. The summed E-state index contributed by atoms with van der Waals surface area (Å²) in [5, 5.41) is 9.87. The van der Waals surface area contributed by atoms with Crippen LogP contribution in [-0.4, -0.2) is 29.9 Å². The molecule has 2 rings (SSSR count). The predicted molar refractivity (Wildman–Crippen MR) is 108 cm³/mol. The van der Waals surface area contributed by atoms with Crippen molar-refractivity contribution in [3.63, 3.8) is 0 Å². The van der Waals surface area contributed by atoms with Gasteiger partial charge in [-0.3, -0.25) is 0 Å². The highest BCUT2D eigenvalue weighted by molar-refractivity contribution is 7.80. The van der Waals surface area contributed by atoms with Crippen molar-refractivity contribution in [1.82, 2.24) is 10.3 Å². The Hall–Kier alpha value is -2.40. The van der Waals surface area contributed by atoms with E-state index in [1.807, 2.05) is 61.6 Å². The van der Waals surface area contributed by atoms with Crippen LogP contribution in [0, 0.1) is 0 Å². The third-order valence-electron chi connectivity index (χ3n) is 3.59. The average molecular weight is 356 g/mol. The monoisotopic (exact) mass is 355 g/mol. The summed E-state index contributed by atoms with van der Waals surface area (Å²) in [6.45, 7) is 3.57. The Kier molecular flexibility index (Phi) is 7.92. The van der Waals surface area contributed by atoms with Crippen molar-refractivity contribution in [2.75, 3.05) is 13.6 Å². The van der Waals surface area contributed by atoms with E-state index in [2.05, 4.69) is 17.3 Å². The maximum absolute atomic E-state index is 5.84. The van der Waals surface area contributed by atoms with Crippen LogP contribution in [0.1, 0.15) is 30.9 Å². The van der Waals surface area contributed by atoms with E-state index in [1.54, 1.807) is 11.2 Å². The molecular formula is C20H25N3OS. The minimum absolute atomic E-state index is 0.548. The number of thiocarbonyl (C=S) groups is 1. The molecule has 25 heavy (non-hydrogen) atoms. The van der Waals surface area contributed by atoms with Crippen LogP contribution >= 0.6 is 12.2 Å². The molecule has 0 atom stereocenters. The van der Waals surface area contributed by atoms with Gasteiger partial charge in [-0.25, -0.2) is 5.01 Å². The number of rotatable bonds is 8. The van der Waals surface area contributed by atoms with Crippen molar-refractivity contribution in [2.45, 2.75) is 26.4 Å². The predicted octanol–water partition coefficient (Wildman–Crippen LogP) is 4.21. The van der Waals surface area contributed by atoms with Crippen LogP contribution in [-0.2, 0) is 6.61 Å². The first kappa shape index (κ1) is 18.9. The highest BCUT2D eigenvalue weighted by atomic mass is 32.1. The Labute approximate surface area is 155 Å². The summed E-state index contributed by atoms with van der Waals surface area (Å²) in [5.41, 5.74) is 2.11. The Morgan fingerprint density at radius 3 is 2.76 bits per heavy atom. The molecule has 0 saturated carbocycles. The first-order chi connectivity index (χ1) is 12.2. The first-order valence-electron chi connectivity index (χ1n) is 8.51. The van der Waals surface area contributed by atoms with E-state index in [0.29, 0.717) is 11.7 Å². The number of hydrazone groups is 1. The zero-order valence-corrected chi connectivity index (χ0v) is 15.6. The van der Waals surface area contributed by atoms with Crippen LogP contribution in [0.5, 0.6) is 5.75 Å². The van der Waals surface area contributed by atoms with Crippen LogP contribution in [0.25, 0.3) is 0 Å². The number of hydrogen-bond donors (Lipinski definition) is 1. The van der Waals surface area contributed by atoms with Gasteiger partial charge < -0.3 is 10.1 Å². The van der Waals surface area contributed by atoms with Crippen LogP contribution < -0.4 is 10.1 Å². The lowest BCUT2D eigenvalue weighted by molar-refractivity contribution is 0.306. The molecule has 132 valence electrons. The molecule has 0 bridgehead atoms. The zero-order valence-electron chi connectivity index (χ0n) is 14.8. The highest BCUT2D eigenvalue weighted by Crippen LogP contribution is 2.14. The van der Waals surface area contributed by atoms with E-state index < -0.39 is 0 Å². The molecule has 0 fully saturated rings. The van der Waals surface area contributed by atoms with E-state index in [9.17, 15) is 0 Å². The number of benzene rings is 2. The van der Waals surface area contributed by atoms with Crippen LogP contribution in [0.15, 0.2) is 59.7 Å². The molecule has 0 heterocycles. The van der Waals surface area contributed by atoms with E-state index >= 15 is 0 Å². The van der Waals surface area contributed by atoms with Gasteiger partial charge in [0, 0.05) is 13.6 Å². The van der Waals surface area contributed by atoms with E-state index in [4.69, 9.17) is 17.0 Å². The molecule has 2 aromatic carbocycles. The minimum atomic E-state index is 0.548. The quantitative estimate of drug-likeness (QED) is 0.333. The molecule has 0 saturated heterocycles. The van der Waals surface area contributed by atoms with E-state index in [-0.39, 0.29) is 0 Å². The van der Waals surface area contributed by atoms with Crippen molar-refractivity contribution in [3.05, 3.63) is 65.7 Å². The fraction of sp³-hybridized carbons (Fsp3) is 0.300. The molecule has 0 amide bonds. The Morgan fingerprint density at radius 2 is 2.00 bits per heavy atom. The molecule has 0 aliphatic carbocycles. The van der Waals surface area contributed by atoms with Crippen LogP contribution in [0.3, 0.4) is 0 Å². The smallest absolute Gasteiger partial charge is 0.189 e. The largest absolute Gasteiger partial charge is 0.489 e. The fourth-order valence-electron chi connectivity index (χ4n) is 2.12. The molecule has 4 nitrogen and oxygen atoms in total. The second-order valence-corrected chi connectivity index (χ2v) is 6.09. The number of ether oxygens (including phenoxy) is 1. The van der Waals surface area contributed by atoms with Gasteiger partial charge in [0.25, 0.3) is 0 Å². The average Bonchev–Trinajstić information content (AvgIpc) is 2.65. The molecule has 5 heteroatoms. The number of nitrogens with zero attached hydrogens (tertiary/aromatic N) is 2. The maximum atomic E-state index is 5.84. The molecule has 0 aliphatic heterocycles. The molecule has 0 aliphatic rings. The topological polar surface area (TPSA) is 36.9 Å². The summed E-state index contributed by atoms with van der Waals surface area (Å²) in [5.74, 6) is 0.819. The Morgan fingerprint density at radius 1 is 1.20 bits per heavy atom. The maximum Gasteiger partial charge on any atom is 0.189 e. The summed E-state index contributed by atoms with van der Waals surface area (Å²) in [7, 11) is 1.84. The molecule has 0 spiro atoms. The fourth-order valence-corrected chi connectivity index (χ4v) is 2.27. The molecule has 0 radical (unpaired) electrons. The Balaban J connectivity index is 1.88. The van der Waals surface area contributed by atoms with Crippen molar-refractivity contribution in [1.29, 1.82) is 0 Å². The van der Waals surface area contributed by atoms with Gasteiger partial charge in [-0.15, -0.1) is 0 Å². The minimum Gasteiger partial charge on any atom is -0.489 e. The van der Waals surface area contributed by atoms with Gasteiger partial charge in [0.05, 0.1) is 6.21 Å². The lowest BCUT2D eigenvalue weighted by atomic mass is 10.2. The molecule has 0 aromatic heterocycles. The molecular weight excluding hydrogens is 330 g/mol. The second kappa shape index (κ2) is 10.5. The number of unbranched alkanes of at least 4 members (excludes halogenated alkanes) is 1. The third kappa shape index (κ3) is 6.93. The molecule has 1 N–H and O–H groups in total. The summed E-state index contributed by atoms with van der Waals surface area (Å²) in [4.78, 5) is 0. The van der Waals surface area contributed by atoms with Gasteiger partial charge in [0.1, 0.15) is 12.4 Å². The van der Waals surface area contributed by atoms with Crippen molar-refractivity contribution in [3.8, 4) is 5.75 Å². The van der Waals surface area contributed by atoms with Crippen molar-refractivity contribution < 1.29 is 4.74 Å². The number of nitrogens with one attached hydrogen (secondary N) is 1. The van der Waals surface area contributed by atoms with E-state index in [1.165, 1.54) is 0 Å². The summed E-state index contributed by atoms with van der Waals surface area (Å²) >= 11 is 5.30. The van der Waals surface area contributed by atoms with Gasteiger partial charge in [0.15, 0.2) is 5.11 Å². The van der Waals surface area contributed by atoms with Crippen LogP contribution in [0.2, 0.25) is 0 Å². The third-order valence-corrected chi connectivity index (χ3v) is 4.00.